The van der Waals surface area contributed by atoms with E-state index in [1.54, 1.807) is 4.90 Å². The van der Waals surface area contributed by atoms with Crippen molar-refractivity contribution >= 4 is 6.03 Å². The van der Waals surface area contributed by atoms with Gasteiger partial charge in [-0.05, 0) is 52.1 Å². The number of benzene rings is 2. The number of carbonyl (C=O) groups excluding carboxylic acids is 1. The van der Waals surface area contributed by atoms with Crippen molar-refractivity contribution in [3.8, 4) is 22.5 Å². The molecule has 35 heavy (non-hydrogen) atoms. The zero-order valence-corrected chi connectivity index (χ0v) is 19.9. The molecule has 0 unspecified atom stereocenters. The van der Waals surface area contributed by atoms with Gasteiger partial charge in [-0.3, -0.25) is 4.68 Å². The van der Waals surface area contributed by atoms with Crippen LogP contribution in [0.4, 0.5) is 4.79 Å². The Labute approximate surface area is 204 Å². The van der Waals surface area contributed by atoms with E-state index in [4.69, 9.17) is 4.74 Å². The van der Waals surface area contributed by atoms with Gasteiger partial charge in [0.05, 0.1) is 19.8 Å². The van der Waals surface area contributed by atoms with Gasteiger partial charge >= 0.3 is 6.03 Å². The molecule has 1 saturated heterocycles. The summed E-state index contributed by atoms with van der Waals surface area (Å²) in [6.07, 6.45) is 5.12. The number of unbranched alkanes of at least 4 members (excludes halogenated alkanes) is 1. The van der Waals surface area contributed by atoms with E-state index in [2.05, 4.69) is 51.8 Å². The summed E-state index contributed by atoms with van der Waals surface area (Å²) in [6, 6.07) is 18.2. The zero-order chi connectivity index (χ0) is 24.0. The van der Waals surface area contributed by atoms with Gasteiger partial charge in [0.2, 0.25) is 0 Å². The van der Waals surface area contributed by atoms with Crippen molar-refractivity contribution in [2.24, 2.45) is 0 Å². The second kappa shape index (κ2) is 10.6. The van der Waals surface area contributed by atoms with Gasteiger partial charge in [0, 0.05) is 30.5 Å². The summed E-state index contributed by atoms with van der Waals surface area (Å²) in [6.45, 7) is 4.88. The Bertz CT molecular complexity index is 1280. The van der Waals surface area contributed by atoms with Gasteiger partial charge in [-0.1, -0.05) is 55.8 Å². The molecule has 3 heterocycles. The molecule has 1 aliphatic heterocycles. The quantitative estimate of drug-likeness (QED) is 0.380. The highest BCUT2D eigenvalue weighted by molar-refractivity contribution is 5.86. The Balaban J connectivity index is 1.54. The molecule has 2 aromatic carbocycles. The van der Waals surface area contributed by atoms with Crippen molar-refractivity contribution in [2.75, 3.05) is 26.3 Å². The Morgan fingerprint density at radius 3 is 2.66 bits per heavy atom. The third-order valence-electron chi connectivity index (χ3n) is 6.27. The Hall–Kier alpha value is -3.85. The van der Waals surface area contributed by atoms with Crippen LogP contribution >= 0.6 is 0 Å². The average Bonchev–Trinajstić information content (AvgIpc) is 3.58. The molecule has 0 N–H and O–H groups in total. The van der Waals surface area contributed by atoms with Gasteiger partial charge in [0.25, 0.3) is 0 Å². The molecule has 0 aliphatic carbocycles. The Morgan fingerprint density at radius 2 is 1.86 bits per heavy atom. The maximum Gasteiger partial charge on any atom is 0.348 e. The second-order valence-electron chi connectivity index (χ2n) is 8.63. The number of carbonyl (C=O) groups is 1. The van der Waals surface area contributed by atoms with Crippen LogP contribution in [0.25, 0.3) is 22.5 Å². The number of amides is 1. The molecule has 1 fully saturated rings. The van der Waals surface area contributed by atoms with Crippen molar-refractivity contribution < 1.29 is 9.53 Å². The molecular formula is C26H29N7O2. The first kappa shape index (κ1) is 22.9. The maximum absolute atomic E-state index is 13.3. The molecule has 9 heteroatoms. The van der Waals surface area contributed by atoms with E-state index in [1.807, 2.05) is 41.2 Å². The molecule has 2 aromatic heterocycles. The largest absolute Gasteiger partial charge is 0.378 e. The molecule has 0 bridgehead atoms. The number of tetrazole rings is 1. The van der Waals surface area contributed by atoms with Gasteiger partial charge in [-0.25, -0.2) is 4.79 Å². The molecule has 9 nitrogen and oxygen atoms in total. The highest BCUT2D eigenvalue weighted by atomic mass is 16.5. The number of ether oxygens (including phenoxy) is 1. The van der Waals surface area contributed by atoms with E-state index >= 15 is 0 Å². The first-order chi connectivity index (χ1) is 17.2. The van der Waals surface area contributed by atoms with Crippen LogP contribution in [0, 0.1) is 0 Å². The van der Waals surface area contributed by atoms with Crippen LogP contribution in [-0.4, -0.2) is 67.2 Å². The fourth-order valence-electron chi connectivity index (χ4n) is 4.36. The van der Waals surface area contributed by atoms with E-state index in [-0.39, 0.29) is 6.03 Å². The van der Waals surface area contributed by atoms with E-state index < -0.39 is 0 Å². The van der Waals surface area contributed by atoms with E-state index in [0.29, 0.717) is 38.7 Å². The lowest BCUT2D eigenvalue weighted by Crippen LogP contribution is -2.43. The predicted molar refractivity (Wildman–Crippen MR) is 132 cm³/mol. The molecule has 0 radical (unpaired) electrons. The summed E-state index contributed by atoms with van der Waals surface area (Å²) in [5, 5.41) is 16.8. The van der Waals surface area contributed by atoms with Crippen LogP contribution < -0.4 is 0 Å². The molecule has 0 spiro atoms. The topological polar surface area (TPSA) is 91.0 Å². The molecule has 0 atom stereocenters. The lowest BCUT2D eigenvalue weighted by molar-refractivity contribution is 0.0528. The molecule has 4 aromatic rings. The maximum atomic E-state index is 13.3. The summed E-state index contributed by atoms with van der Waals surface area (Å²) in [7, 11) is 0. The number of aromatic nitrogens is 6. The standard InChI is InChI=1S/C26H29N7O2/c1-2-3-9-22-12-13-27-32(22)19-20-10-11-23(21-7-5-4-6-8-21)24(18-20)25-28-29-30-33(25)26(34)31-14-16-35-17-15-31/h4-8,10-13,18H,2-3,9,14-17,19H2,1H3. The highest BCUT2D eigenvalue weighted by Gasteiger charge is 2.25. The minimum absolute atomic E-state index is 0.244. The van der Waals surface area contributed by atoms with Crippen LogP contribution in [0.2, 0.25) is 0 Å². The number of rotatable bonds is 7. The molecule has 180 valence electrons. The van der Waals surface area contributed by atoms with Crippen molar-refractivity contribution in [1.82, 2.24) is 34.9 Å². The van der Waals surface area contributed by atoms with Crippen molar-refractivity contribution in [1.29, 1.82) is 0 Å². The summed E-state index contributed by atoms with van der Waals surface area (Å²) >= 11 is 0. The predicted octanol–water partition coefficient (Wildman–Crippen LogP) is 3.89. The normalized spacial score (nSPS) is 13.8. The number of hydrogen-bond donors (Lipinski definition) is 0. The molecule has 0 saturated carbocycles. The SMILES string of the molecule is CCCCc1ccnn1Cc1ccc(-c2ccccc2)c(-c2nnnn2C(=O)N2CCOCC2)c1. The van der Waals surface area contributed by atoms with E-state index in [9.17, 15) is 4.79 Å². The van der Waals surface area contributed by atoms with Gasteiger partial charge in [-0.2, -0.15) is 5.10 Å². The van der Waals surface area contributed by atoms with Crippen LogP contribution in [-0.2, 0) is 17.7 Å². The third-order valence-corrected chi connectivity index (χ3v) is 6.27. The number of morpholine rings is 1. The van der Waals surface area contributed by atoms with Crippen molar-refractivity contribution in [2.45, 2.75) is 32.7 Å². The minimum Gasteiger partial charge on any atom is -0.378 e. The van der Waals surface area contributed by atoms with Crippen molar-refractivity contribution in [3.05, 3.63) is 72.1 Å². The Kier molecular flexibility index (Phi) is 6.94. The summed E-state index contributed by atoms with van der Waals surface area (Å²) < 4.78 is 8.74. The highest BCUT2D eigenvalue weighted by Crippen LogP contribution is 2.32. The lowest BCUT2D eigenvalue weighted by Gasteiger charge is -2.26. The molecule has 1 amide bonds. The van der Waals surface area contributed by atoms with Crippen LogP contribution in [0.1, 0.15) is 31.0 Å². The minimum atomic E-state index is -0.244. The average molecular weight is 472 g/mol. The second-order valence-corrected chi connectivity index (χ2v) is 8.63. The van der Waals surface area contributed by atoms with Gasteiger partial charge in [-0.15, -0.1) is 9.78 Å². The number of hydrogen-bond acceptors (Lipinski definition) is 6. The van der Waals surface area contributed by atoms with Gasteiger partial charge in [0.15, 0.2) is 5.82 Å². The molecule has 5 rings (SSSR count). The first-order valence-corrected chi connectivity index (χ1v) is 12.1. The van der Waals surface area contributed by atoms with Gasteiger partial charge < -0.3 is 9.64 Å². The van der Waals surface area contributed by atoms with E-state index in [1.165, 1.54) is 10.4 Å². The number of nitrogens with zero attached hydrogens (tertiary/aromatic N) is 7. The van der Waals surface area contributed by atoms with E-state index in [0.717, 1.165) is 41.5 Å². The fraction of sp³-hybridized carbons (Fsp3) is 0.346. The van der Waals surface area contributed by atoms with Gasteiger partial charge in [0.1, 0.15) is 0 Å². The molecular weight excluding hydrogens is 442 g/mol. The zero-order valence-electron chi connectivity index (χ0n) is 19.9. The monoisotopic (exact) mass is 471 g/mol. The summed E-state index contributed by atoms with van der Waals surface area (Å²) in [5.74, 6) is 0.425. The third kappa shape index (κ3) is 5.00. The van der Waals surface area contributed by atoms with Crippen LogP contribution in [0.15, 0.2) is 60.8 Å². The lowest BCUT2D eigenvalue weighted by atomic mass is 9.97. The smallest absolute Gasteiger partial charge is 0.348 e. The van der Waals surface area contributed by atoms with Crippen molar-refractivity contribution in [3.63, 3.8) is 0 Å². The van der Waals surface area contributed by atoms with Crippen LogP contribution in [0.3, 0.4) is 0 Å². The number of aryl methyl sites for hydroxylation is 1. The fourth-order valence-corrected chi connectivity index (χ4v) is 4.36. The first-order valence-electron chi connectivity index (χ1n) is 12.1. The molecule has 1 aliphatic rings. The summed E-state index contributed by atoms with van der Waals surface area (Å²) in [5.41, 5.74) is 5.09. The van der Waals surface area contributed by atoms with Crippen LogP contribution in [0.5, 0.6) is 0 Å². The summed E-state index contributed by atoms with van der Waals surface area (Å²) in [4.78, 5) is 15.0. The Morgan fingerprint density at radius 1 is 1.03 bits per heavy atom.